The van der Waals surface area contributed by atoms with E-state index in [1.54, 1.807) is 0 Å². The third-order valence-corrected chi connectivity index (χ3v) is 3.11. The quantitative estimate of drug-likeness (QED) is 0.636. The second-order valence-corrected chi connectivity index (χ2v) is 4.60. The number of nitrogens with one attached hydrogen (secondary N) is 2. The normalized spacial score (nSPS) is 10.5. The van der Waals surface area contributed by atoms with Crippen molar-refractivity contribution in [1.29, 1.82) is 0 Å². The predicted octanol–water partition coefficient (Wildman–Crippen LogP) is 0.572. The van der Waals surface area contributed by atoms with Gasteiger partial charge in [0.15, 0.2) is 5.56 Å². The number of rotatable bonds is 7. The first-order valence-corrected chi connectivity index (χ1v) is 6.81. The van der Waals surface area contributed by atoms with E-state index in [-0.39, 0.29) is 6.54 Å². The van der Waals surface area contributed by atoms with Crippen molar-refractivity contribution in [1.82, 2.24) is 14.9 Å². The number of aromatic amines is 1. The van der Waals surface area contributed by atoms with Gasteiger partial charge >= 0.3 is 5.69 Å². The van der Waals surface area contributed by atoms with Crippen LogP contribution in [0.4, 0.5) is 0 Å². The summed E-state index contributed by atoms with van der Waals surface area (Å²) < 4.78 is 1.03. The minimum Gasteiger partial charge on any atom is -0.494 e. The van der Waals surface area contributed by atoms with Gasteiger partial charge < -0.3 is 10.4 Å². The molecule has 0 spiro atoms. The SMILES string of the molecule is CCCCCCCn1c(O)c(C(=O)NC)c(=O)[nH]c1=O. The molecule has 1 heterocycles. The summed E-state index contributed by atoms with van der Waals surface area (Å²) in [4.78, 5) is 36.8. The van der Waals surface area contributed by atoms with Crippen LogP contribution in [0.3, 0.4) is 0 Å². The molecule has 7 heteroatoms. The van der Waals surface area contributed by atoms with Gasteiger partial charge in [-0.25, -0.2) is 4.79 Å². The smallest absolute Gasteiger partial charge is 0.331 e. The van der Waals surface area contributed by atoms with E-state index >= 15 is 0 Å². The Bertz CT molecular complexity index is 574. The summed E-state index contributed by atoms with van der Waals surface area (Å²) in [7, 11) is 1.35. The first-order chi connectivity index (χ1) is 9.52. The van der Waals surface area contributed by atoms with Gasteiger partial charge in [-0.1, -0.05) is 32.6 Å². The Hall–Kier alpha value is -2.05. The van der Waals surface area contributed by atoms with Gasteiger partial charge in [-0.3, -0.25) is 19.1 Å². The lowest BCUT2D eigenvalue weighted by Crippen LogP contribution is -2.36. The van der Waals surface area contributed by atoms with Crippen molar-refractivity contribution in [3.05, 3.63) is 26.4 Å². The molecule has 0 aromatic carbocycles. The van der Waals surface area contributed by atoms with Crippen molar-refractivity contribution < 1.29 is 9.90 Å². The maximum Gasteiger partial charge on any atom is 0.331 e. The van der Waals surface area contributed by atoms with Crippen LogP contribution in [0, 0.1) is 0 Å². The Kier molecular flexibility index (Phi) is 6.02. The zero-order valence-electron chi connectivity index (χ0n) is 11.9. The van der Waals surface area contributed by atoms with E-state index in [0.29, 0.717) is 6.42 Å². The summed E-state index contributed by atoms with van der Waals surface area (Å²) in [6.07, 6.45) is 4.92. The van der Waals surface area contributed by atoms with Crippen molar-refractivity contribution >= 4 is 5.91 Å². The molecule has 0 aliphatic carbocycles. The summed E-state index contributed by atoms with van der Waals surface area (Å²) in [6, 6.07) is 0. The molecule has 0 saturated heterocycles. The molecule has 20 heavy (non-hydrogen) atoms. The van der Waals surface area contributed by atoms with Gasteiger partial charge in [0.05, 0.1) is 0 Å². The van der Waals surface area contributed by atoms with Gasteiger partial charge in [0, 0.05) is 13.6 Å². The fourth-order valence-electron chi connectivity index (χ4n) is 1.97. The van der Waals surface area contributed by atoms with Gasteiger partial charge in [-0.05, 0) is 6.42 Å². The van der Waals surface area contributed by atoms with Crippen LogP contribution in [-0.2, 0) is 6.54 Å². The minimum atomic E-state index is -0.880. The maximum atomic E-state index is 11.7. The third kappa shape index (κ3) is 3.72. The summed E-state index contributed by atoms with van der Waals surface area (Å²) in [5, 5.41) is 12.2. The van der Waals surface area contributed by atoms with Crippen LogP contribution in [0.25, 0.3) is 0 Å². The molecule has 0 radical (unpaired) electrons. The lowest BCUT2D eigenvalue weighted by atomic mass is 10.1. The number of aromatic nitrogens is 2. The second-order valence-electron chi connectivity index (χ2n) is 4.60. The number of hydrogen-bond acceptors (Lipinski definition) is 4. The van der Waals surface area contributed by atoms with E-state index in [9.17, 15) is 19.5 Å². The largest absolute Gasteiger partial charge is 0.494 e. The molecule has 0 bridgehead atoms. The Labute approximate surface area is 116 Å². The van der Waals surface area contributed by atoms with E-state index in [2.05, 4.69) is 12.2 Å². The van der Waals surface area contributed by atoms with Gasteiger partial charge in [0.25, 0.3) is 11.5 Å². The van der Waals surface area contributed by atoms with Crippen LogP contribution >= 0.6 is 0 Å². The first-order valence-electron chi connectivity index (χ1n) is 6.81. The number of amides is 1. The van der Waals surface area contributed by atoms with Crippen LogP contribution < -0.4 is 16.6 Å². The van der Waals surface area contributed by atoms with Gasteiger partial charge in [0.2, 0.25) is 5.88 Å². The van der Waals surface area contributed by atoms with E-state index in [1.807, 2.05) is 4.98 Å². The highest BCUT2D eigenvalue weighted by Crippen LogP contribution is 2.11. The average molecular weight is 283 g/mol. The molecule has 1 rings (SSSR count). The van der Waals surface area contributed by atoms with Crippen molar-refractivity contribution in [3.63, 3.8) is 0 Å². The molecule has 1 aromatic heterocycles. The molecule has 0 saturated carbocycles. The van der Waals surface area contributed by atoms with Crippen LogP contribution in [0.15, 0.2) is 9.59 Å². The lowest BCUT2D eigenvalue weighted by molar-refractivity contribution is 0.0956. The van der Waals surface area contributed by atoms with Crippen LogP contribution in [0.2, 0.25) is 0 Å². The number of carbonyl (C=O) groups excluding carboxylic acids is 1. The molecule has 0 unspecified atom stereocenters. The molecular weight excluding hydrogens is 262 g/mol. The average Bonchev–Trinajstić information content (AvgIpc) is 2.41. The number of H-pyrrole nitrogens is 1. The first kappa shape index (κ1) is 16.0. The number of carbonyl (C=O) groups is 1. The van der Waals surface area contributed by atoms with Gasteiger partial charge in [-0.2, -0.15) is 0 Å². The fourth-order valence-corrected chi connectivity index (χ4v) is 1.97. The van der Waals surface area contributed by atoms with Gasteiger partial charge in [0.1, 0.15) is 0 Å². The molecule has 112 valence electrons. The molecule has 1 amide bonds. The molecule has 0 atom stereocenters. The van der Waals surface area contributed by atoms with Crippen molar-refractivity contribution in [2.45, 2.75) is 45.6 Å². The highest BCUT2D eigenvalue weighted by molar-refractivity contribution is 5.95. The summed E-state index contributed by atoms with van der Waals surface area (Å²) in [5.41, 5.74) is -2.01. The van der Waals surface area contributed by atoms with Crippen molar-refractivity contribution in [2.75, 3.05) is 7.05 Å². The Morgan fingerprint density at radius 1 is 1.25 bits per heavy atom. The molecule has 0 fully saturated rings. The highest BCUT2D eigenvalue weighted by atomic mass is 16.3. The molecular formula is C13H21N3O4. The summed E-state index contributed by atoms with van der Waals surface area (Å²) in [6.45, 7) is 2.38. The van der Waals surface area contributed by atoms with E-state index in [1.165, 1.54) is 7.05 Å². The standard InChI is InChI=1S/C13H21N3O4/c1-3-4-5-6-7-8-16-12(19)9(10(17)14-2)11(18)15-13(16)20/h19H,3-8H2,1-2H3,(H,14,17)(H,15,18,20). The molecule has 0 aliphatic heterocycles. The number of aromatic hydroxyl groups is 1. The zero-order chi connectivity index (χ0) is 15.1. The summed E-state index contributed by atoms with van der Waals surface area (Å²) in [5.74, 6) is -1.29. The highest BCUT2D eigenvalue weighted by Gasteiger charge is 2.19. The molecule has 3 N–H and O–H groups in total. The predicted molar refractivity (Wildman–Crippen MR) is 75.1 cm³/mol. The third-order valence-electron chi connectivity index (χ3n) is 3.11. The Morgan fingerprint density at radius 3 is 2.50 bits per heavy atom. The van der Waals surface area contributed by atoms with Crippen LogP contribution in [0.5, 0.6) is 5.88 Å². The zero-order valence-corrected chi connectivity index (χ0v) is 11.9. The topological polar surface area (TPSA) is 104 Å². The van der Waals surface area contributed by atoms with Gasteiger partial charge in [-0.15, -0.1) is 0 Å². The van der Waals surface area contributed by atoms with Crippen molar-refractivity contribution in [3.8, 4) is 5.88 Å². The number of nitrogens with zero attached hydrogens (tertiary/aromatic N) is 1. The molecule has 7 nitrogen and oxygen atoms in total. The Morgan fingerprint density at radius 2 is 1.90 bits per heavy atom. The van der Waals surface area contributed by atoms with Crippen LogP contribution in [0.1, 0.15) is 49.4 Å². The van der Waals surface area contributed by atoms with Crippen LogP contribution in [-0.4, -0.2) is 27.6 Å². The van der Waals surface area contributed by atoms with Crippen molar-refractivity contribution in [2.24, 2.45) is 0 Å². The number of hydrogen-bond donors (Lipinski definition) is 3. The molecule has 1 aromatic rings. The minimum absolute atomic E-state index is 0.273. The lowest BCUT2D eigenvalue weighted by Gasteiger charge is -2.10. The van der Waals surface area contributed by atoms with E-state index in [0.717, 1.165) is 30.3 Å². The summed E-state index contributed by atoms with van der Waals surface area (Å²) >= 11 is 0. The molecule has 0 aliphatic rings. The van der Waals surface area contributed by atoms with E-state index in [4.69, 9.17) is 0 Å². The van der Waals surface area contributed by atoms with E-state index < -0.39 is 28.6 Å². The maximum absolute atomic E-state index is 11.7. The fraction of sp³-hybridized carbons (Fsp3) is 0.615. The second kappa shape index (κ2) is 7.52. The monoisotopic (exact) mass is 283 g/mol. The Balaban J connectivity index is 2.94. The number of unbranched alkanes of at least 4 members (excludes halogenated alkanes) is 4.